The number of nitrogens with zero attached hydrogens (tertiary/aromatic N) is 1. The highest BCUT2D eigenvalue weighted by Crippen LogP contribution is 2.33. The summed E-state index contributed by atoms with van der Waals surface area (Å²) in [6.07, 6.45) is -0.347. The quantitative estimate of drug-likeness (QED) is 0.870. The van der Waals surface area contributed by atoms with Crippen LogP contribution in [0.25, 0.3) is 0 Å². The third-order valence-electron chi connectivity index (χ3n) is 3.78. The maximum absolute atomic E-state index is 12.4. The second kappa shape index (κ2) is 7.05. The molecule has 2 aromatic carbocycles. The molecule has 2 amide bonds. The van der Waals surface area contributed by atoms with E-state index in [1.165, 1.54) is 0 Å². The Hall–Kier alpha value is -2.34. The van der Waals surface area contributed by atoms with Crippen LogP contribution in [-0.2, 0) is 9.59 Å². The minimum absolute atomic E-state index is 0.137. The second-order valence-electron chi connectivity index (χ2n) is 5.50. The third-order valence-corrected chi connectivity index (χ3v) is 4.48. The molecule has 1 aliphatic rings. The standard InChI is InChI=1S/C18H17BrN2O3/c1-12-18(23)21(15-8-4-5-9-16(15)24-12)11-10-17(22)20-14-7-3-2-6-13(14)19/h2-9,12H,10-11H2,1H3,(H,20,22)/t12-/m0/s1. The molecular weight excluding hydrogens is 372 g/mol. The summed E-state index contributed by atoms with van der Waals surface area (Å²) in [6.45, 7) is 2.02. The predicted molar refractivity (Wildman–Crippen MR) is 96.3 cm³/mol. The van der Waals surface area contributed by atoms with Gasteiger partial charge in [-0.3, -0.25) is 9.59 Å². The molecule has 5 nitrogen and oxygen atoms in total. The fraction of sp³-hybridized carbons (Fsp3) is 0.222. The number of halogens is 1. The van der Waals surface area contributed by atoms with Gasteiger partial charge in [-0.1, -0.05) is 24.3 Å². The minimum Gasteiger partial charge on any atom is -0.479 e. The lowest BCUT2D eigenvalue weighted by atomic mass is 10.1. The number of rotatable bonds is 4. The largest absolute Gasteiger partial charge is 0.479 e. The van der Waals surface area contributed by atoms with E-state index >= 15 is 0 Å². The lowest BCUT2D eigenvalue weighted by Gasteiger charge is -2.32. The zero-order chi connectivity index (χ0) is 17.1. The Kier molecular flexibility index (Phi) is 4.85. The van der Waals surface area contributed by atoms with Gasteiger partial charge in [0.25, 0.3) is 5.91 Å². The molecule has 1 heterocycles. The van der Waals surface area contributed by atoms with Crippen molar-refractivity contribution in [1.29, 1.82) is 0 Å². The van der Waals surface area contributed by atoms with Crippen LogP contribution in [0.4, 0.5) is 11.4 Å². The lowest BCUT2D eigenvalue weighted by molar-refractivity contribution is -0.125. The molecule has 0 spiro atoms. The average Bonchev–Trinajstić information content (AvgIpc) is 2.57. The van der Waals surface area contributed by atoms with Crippen molar-refractivity contribution in [3.63, 3.8) is 0 Å². The lowest BCUT2D eigenvalue weighted by Crippen LogP contribution is -2.45. The average molecular weight is 389 g/mol. The van der Waals surface area contributed by atoms with Gasteiger partial charge < -0.3 is 15.0 Å². The van der Waals surface area contributed by atoms with E-state index in [1.807, 2.05) is 48.5 Å². The van der Waals surface area contributed by atoms with Gasteiger partial charge in [0.05, 0.1) is 11.4 Å². The molecule has 124 valence electrons. The molecule has 0 aliphatic carbocycles. The van der Waals surface area contributed by atoms with Gasteiger partial charge in [-0.15, -0.1) is 0 Å². The highest BCUT2D eigenvalue weighted by molar-refractivity contribution is 9.10. The Bertz CT molecular complexity index is 778. The topological polar surface area (TPSA) is 58.6 Å². The van der Waals surface area contributed by atoms with Gasteiger partial charge in [0.15, 0.2) is 6.10 Å². The van der Waals surface area contributed by atoms with Crippen molar-refractivity contribution in [3.05, 3.63) is 53.0 Å². The third kappa shape index (κ3) is 3.43. The van der Waals surface area contributed by atoms with E-state index < -0.39 is 6.10 Å². The monoisotopic (exact) mass is 388 g/mol. The van der Waals surface area contributed by atoms with E-state index in [0.29, 0.717) is 23.7 Å². The molecular formula is C18H17BrN2O3. The number of carbonyl (C=O) groups is 2. The summed E-state index contributed by atoms with van der Waals surface area (Å²) in [6, 6.07) is 14.8. The predicted octanol–water partition coefficient (Wildman–Crippen LogP) is 3.59. The smallest absolute Gasteiger partial charge is 0.267 e. The van der Waals surface area contributed by atoms with Gasteiger partial charge in [0.2, 0.25) is 5.91 Å². The van der Waals surface area contributed by atoms with E-state index in [0.717, 1.165) is 4.47 Å². The first kappa shape index (κ1) is 16.5. The molecule has 3 rings (SSSR count). The molecule has 0 bridgehead atoms. The number of benzene rings is 2. The van der Waals surface area contributed by atoms with Crippen LogP contribution in [0.5, 0.6) is 5.75 Å². The molecule has 2 aromatic rings. The fourth-order valence-corrected chi connectivity index (χ4v) is 2.96. The normalized spacial score (nSPS) is 16.3. The van der Waals surface area contributed by atoms with Gasteiger partial charge in [-0.2, -0.15) is 0 Å². The Morgan fingerprint density at radius 2 is 1.92 bits per heavy atom. The molecule has 0 aromatic heterocycles. The number of fused-ring (bicyclic) bond motifs is 1. The van der Waals surface area contributed by atoms with Gasteiger partial charge in [-0.05, 0) is 47.1 Å². The zero-order valence-corrected chi connectivity index (χ0v) is 14.7. The molecule has 1 N–H and O–H groups in total. The van der Waals surface area contributed by atoms with E-state index in [1.54, 1.807) is 11.8 Å². The number of hydrogen-bond acceptors (Lipinski definition) is 3. The summed E-state index contributed by atoms with van der Waals surface area (Å²) < 4.78 is 6.41. The van der Waals surface area contributed by atoms with Crippen LogP contribution in [-0.4, -0.2) is 24.5 Å². The molecule has 1 aliphatic heterocycles. The van der Waals surface area contributed by atoms with E-state index in [2.05, 4.69) is 21.2 Å². The highest BCUT2D eigenvalue weighted by atomic mass is 79.9. The summed E-state index contributed by atoms with van der Waals surface area (Å²) in [4.78, 5) is 26.2. The van der Waals surface area contributed by atoms with E-state index in [4.69, 9.17) is 4.74 Å². The Labute approximate surface area is 148 Å². The van der Waals surface area contributed by atoms with Crippen molar-refractivity contribution in [2.24, 2.45) is 0 Å². The van der Waals surface area contributed by atoms with Crippen LogP contribution in [0.1, 0.15) is 13.3 Å². The van der Waals surface area contributed by atoms with E-state index in [9.17, 15) is 9.59 Å². The van der Waals surface area contributed by atoms with Gasteiger partial charge in [0.1, 0.15) is 5.75 Å². The first-order valence-electron chi connectivity index (χ1n) is 7.67. The Balaban J connectivity index is 1.68. The maximum atomic E-state index is 12.4. The van der Waals surface area contributed by atoms with Crippen molar-refractivity contribution >= 4 is 39.1 Å². The van der Waals surface area contributed by atoms with Crippen molar-refractivity contribution < 1.29 is 14.3 Å². The molecule has 0 fully saturated rings. The number of anilines is 2. The van der Waals surface area contributed by atoms with Gasteiger partial charge in [0, 0.05) is 17.4 Å². The molecule has 6 heteroatoms. The molecule has 24 heavy (non-hydrogen) atoms. The molecule has 0 saturated heterocycles. The van der Waals surface area contributed by atoms with Crippen LogP contribution in [0, 0.1) is 0 Å². The number of para-hydroxylation sites is 3. The zero-order valence-electron chi connectivity index (χ0n) is 13.2. The molecule has 0 unspecified atom stereocenters. The van der Waals surface area contributed by atoms with Crippen LogP contribution in [0.2, 0.25) is 0 Å². The van der Waals surface area contributed by atoms with E-state index in [-0.39, 0.29) is 18.2 Å². The highest BCUT2D eigenvalue weighted by Gasteiger charge is 2.31. The summed E-state index contributed by atoms with van der Waals surface area (Å²) in [5.41, 5.74) is 1.42. The first-order valence-corrected chi connectivity index (χ1v) is 8.47. The fourth-order valence-electron chi connectivity index (χ4n) is 2.58. The van der Waals surface area contributed by atoms with Crippen LogP contribution >= 0.6 is 15.9 Å². The number of ether oxygens (including phenoxy) is 1. The molecule has 1 atom stereocenters. The molecule has 0 radical (unpaired) electrons. The summed E-state index contributed by atoms with van der Waals surface area (Å²) >= 11 is 3.40. The van der Waals surface area contributed by atoms with Crippen molar-refractivity contribution in [2.45, 2.75) is 19.4 Å². The van der Waals surface area contributed by atoms with Crippen molar-refractivity contribution in [2.75, 3.05) is 16.8 Å². The molecule has 0 saturated carbocycles. The van der Waals surface area contributed by atoms with Crippen LogP contribution < -0.4 is 15.0 Å². The number of carbonyl (C=O) groups excluding carboxylic acids is 2. The van der Waals surface area contributed by atoms with Gasteiger partial charge >= 0.3 is 0 Å². The van der Waals surface area contributed by atoms with Gasteiger partial charge in [-0.25, -0.2) is 0 Å². The number of amides is 2. The first-order chi connectivity index (χ1) is 11.6. The summed E-state index contributed by atoms with van der Waals surface area (Å²) in [5, 5.41) is 2.84. The number of hydrogen-bond donors (Lipinski definition) is 1. The van der Waals surface area contributed by atoms with Crippen LogP contribution in [0.15, 0.2) is 53.0 Å². The van der Waals surface area contributed by atoms with Crippen LogP contribution in [0.3, 0.4) is 0 Å². The SMILES string of the molecule is C[C@@H]1Oc2ccccc2N(CCC(=O)Nc2ccccc2Br)C1=O. The second-order valence-corrected chi connectivity index (χ2v) is 6.35. The van der Waals surface area contributed by atoms with Crippen molar-refractivity contribution in [3.8, 4) is 5.75 Å². The number of nitrogens with one attached hydrogen (secondary N) is 1. The Morgan fingerprint density at radius 3 is 2.71 bits per heavy atom. The summed E-state index contributed by atoms with van der Waals surface area (Å²) in [7, 11) is 0. The Morgan fingerprint density at radius 1 is 1.21 bits per heavy atom. The maximum Gasteiger partial charge on any atom is 0.267 e. The van der Waals surface area contributed by atoms with Crippen molar-refractivity contribution in [1.82, 2.24) is 0 Å². The minimum atomic E-state index is -0.550. The summed E-state index contributed by atoms with van der Waals surface area (Å²) in [5.74, 6) is 0.379.